The average molecular weight is 404 g/mol. The number of carbonyl (C=O) groups excluding carboxylic acids is 1. The summed E-state index contributed by atoms with van der Waals surface area (Å²) in [6.07, 6.45) is 1.38. The number of benzene rings is 1. The van der Waals surface area contributed by atoms with Crippen molar-refractivity contribution >= 4 is 27.6 Å². The molecule has 0 bridgehead atoms. The van der Waals surface area contributed by atoms with Crippen LogP contribution < -0.4 is 19.5 Å². The second-order valence-corrected chi connectivity index (χ2v) is 7.02. The van der Waals surface area contributed by atoms with Crippen LogP contribution in [-0.2, 0) is 10.0 Å². The van der Waals surface area contributed by atoms with E-state index < -0.39 is 15.9 Å². The maximum absolute atomic E-state index is 12.5. The lowest BCUT2D eigenvalue weighted by Gasteiger charge is -2.10. The molecule has 1 aromatic carbocycles. The van der Waals surface area contributed by atoms with Crippen LogP contribution in [0.4, 0.5) is 11.6 Å². The number of aromatic nitrogens is 2. The summed E-state index contributed by atoms with van der Waals surface area (Å²) in [5.41, 5.74) is 0.402. The topological polar surface area (TPSA) is 133 Å². The number of sulfonamides is 1. The third-order valence-corrected chi connectivity index (χ3v) is 4.83. The molecule has 11 heteroatoms. The smallest absolute Gasteiger partial charge is 0.291 e. The lowest BCUT2D eigenvalue weighted by atomic mass is 10.3. The van der Waals surface area contributed by atoms with Crippen molar-refractivity contribution in [2.24, 2.45) is 0 Å². The highest BCUT2D eigenvalue weighted by atomic mass is 32.2. The van der Waals surface area contributed by atoms with E-state index in [0.29, 0.717) is 5.69 Å². The number of amides is 1. The fourth-order valence-electron chi connectivity index (χ4n) is 2.16. The van der Waals surface area contributed by atoms with Gasteiger partial charge in [0.1, 0.15) is 0 Å². The molecule has 2 aromatic heterocycles. The third-order valence-electron chi connectivity index (χ3n) is 3.49. The van der Waals surface area contributed by atoms with Gasteiger partial charge >= 0.3 is 0 Å². The predicted molar refractivity (Wildman–Crippen MR) is 99.0 cm³/mol. The quantitative estimate of drug-likeness (QED) is 0.612. The van der Waals surface area contributed by atoms with Crippen molar-refractivity contribution in [3.8, 4) is 11.8 Å². The first kappa shape index (κ1) is 19.2. The molecular weight excluding hydrogens is 388 g/mol. The molecule has 0 aliphatic rings. The van der Waals surface area contributed by atoms with Gasteiger partial charge in [0.15, 0.2) is 5.76 Å². The summed E-state index contributed by atoms with van der Waals surface area (Å²) in [6.45, 7) is 0. The summed E-state index contributed by atoms with van der Waals surface area (Å²) < 4.78 is 42.3. The van der Waals surface area contributed by atoms with Crippen LogP contribution in [-0.4, -0.2) is 38.5 Å². The van der Waals surface area contributed by atoms with Crippen molar-refractivity contribution in [1.29, 1.82) is 0 Å². The van der Waals surface area contributed by atoms with E-state index in [0.717, 1.165) is 0 Å². The molecule has 0 unspecified atom stereocenters. The van der Waals surface area contributed by atoms with Gasteiger partial charge in [-0.15, -0.1) is 0 Å². The van der Waals surface area contributed by atoms with Crippen molar-refractivity contribution in [2.45, 2.75) is 4.90 Å². The fraction of sp³-hybridized carbons (Fsp3) is 0.118. The summed E-state index contributed by atoms with van der Waals surface area (Å²) in [6, 6.07) is 10.1. The van der Waals surface area contributed by atoms with E-state index in [9.17, 15) is 13.2 Å². The largest absolute Gasteiger partial charge is 0.481 e. The maximum atomic E-state index is 12.5. The molecule has 146 valence electrons. The second kappa shape index (κ2) is 7.96. The molecule has 3 aromatic rings. The Morgan fingerprint density at radius 2 is 1.68 bits per heavy atom. The standard InChI is InChI=1S/C17H16N4O6S/c1-25-14-10-15(26-2)20-17(19-14)21-28(23,24)12-7-5-11(6-8-12)18-16(22)13-4-3-9-27-13/h3-10H,1-2H3,(H,18,22)(H,19,20,21). The molecule has 0 aliphatic heterocycles. The molecule has 2 N–H and O–H groups in total. The van der Waals surface area contributed by atoms with Crippen LogP contribution in [0.2, 0.25) is 0 Å². The van der Waals surface area contributed by atoms with Crippen LogP contribution in [0, 0.1) is 0 Å². The minimum absolute atomic E-state index is 0.0473. The molecule has 0 atom stereocenters. The summed E-state index contributed by atoms with van der Waals surface area (Å²) in [4.78, 5) is 19.7. The van der Waals surface area contributed by atoms with Crippen LogP contribution >= 0.6 is 0 Å². The van der Waals surface area contributed by atoms with Gasteiger partial charge in [-0.1, -0.05) is 0 Å². The van der Waals surface area contributed by atoms with E-state index in [2.05, 4.69) is 20.0 Å². The number of anilines is 2. The molecule has 10 nitrogen and oxygen atoms in total. The Labute approximate surface area is 160 Å². The van der Waals surface area contributed by atoms with Crippen molar-refractivity contribution in [2.75, 3.05) is 24.3 Å². The molecule has 0 aliphatic carbocycles. The average Bonchev–Trinajstić information content (AvgIpc) is 3.22. The van der Waals surface area contributed by atoms with E-state index in [-0.39, 0.29) is 28.4 Å². The Balaban J connectivity index is 1.76. The highest BCUT2D eigenvalue weighted by Crippen LogP contribution is 2.21. The van der Waals surface area contributed by atoms with Gasteiger partial charge in [0.25, 0.3) is 15.9 Å². The summed E-state index contributed by atoms with van der Waals surface area (Å²) in [5, 5.41) is 2.60. The number of nitrogens with one attached hydrogen (secondary N) is 2. The zero-order chi connectivity index (χ0) is 20.1. The lowest BCUT2D eigenvalue weighted by molar-refractivity contribution is 0.0996. The summed E-state index contributed by atoms with van der Waals surface area (Å²) in [5.74, 6) is -0.231. The van der Waals surface area contributed by atoms with E-state index in [4.69, 9.17) is 13.9 Å². The van der Waals surface area contributed by atoms with Gasteiger partial charge < -0.3 is 19.2 Å². The Morgan fingerprint density at radius 1 is 1.04 bits per heavy atom. The van der Waals surface area contributed by atoms with Crippen molar-refractivity contribution < 1.29 is 27.1 Å². The number of carbonyl (C=O) groups is 1. The molecule has 0 radical (unpaired) electrons. The van der Waals surface area contributed by atoms with E-state index >= 15 is 0 Å². The Kier molecular flexibility index (Phi) is 5.45. The molecule has 28 heavy (non-hydrogen) atoms. The van der Waals surface area contributed by atoms with Crippen LogP contribution in [0.25, 0.3) is 0 Å². The zero-order valence-corrected chi connectivity index (χ0v) is 15.7. The van der Waals surface area contributed by atoms with Gasteiger partial charge in [0.2, 0.25) is 17.7 Å². The number of hydrogen-bond donors (Lipinski definition) is 2. The first-order chi connectivity index (χ1) is 13.4. The van der Waals surface area contributed by atoms with Crippen LogP contribution in [0.15, 0.2) is 58.0 Å². The van der Waals surface area contributed by atoms with Gasteiger partial charge in [-0.25, -0.2) is 13.1 Å². The Bertz CT molecular complexity index is 1040. The van der Waals surface area contributed by atoms with Gasteiger partial charge in [-0.05, 0) is 36.4 Å². The highest BCUT2D eigenvalue weighted by molar-refractivity contribution is 7.92. The SMILES string of the molecule is COc1cc(OC)nc(NS(=O)(=O)c2ccc(NC(=O)c3ccco3)cc2)n1. The van der Waals surface area contributed by atoms with Crippen LogP contribution in [0.1, 0.15) is 10.6 Å². The number of methoxy groups -OCH3 is 2. The molecule has 1 amide bonds. The number of furan rings is 1. The Morgan fingerprint density at radius 3 is 2.21 bits per heavy atom. The van der Waals surface area contributed by atoms with Crippen LogP contribution in [0.3, 0.4) is 0 Å². The molecule has 0 saturated carbocycles. The zero-order valence-electron chi connectivity index (χ0n) is 14.9. The molecule has 3 rings (SSSR count). The second-order valence-electron chi connectivity index (χ2n) is 5.34. The van der Waals surface area contributed by atoms with Crippen molar-refractivity contribution in [1.82, 2.24) is 9.97 Å². The Hall–Kier alpha value is -3.60. The van der Waals surface area contributed by atoms with Gasteiger partial charge in [-0.2, -0.15) is 9.97 Å². The number of nitrogens with zero attached hydrogens (tertiary/aromatic N) is 2. The first-order valence-corrected chi connectivity index (χ1v) is 9.34. The fourth-order valence-corrected chi connectivity index (χ4v) is 3.10. The molecular formula is C17H16N4O6S. The monoisotopic (exact) mass is 404 g/mol. The minimum Gasteiger partial charge on any atom is -0.481 e. The maximum Gasteiger partial charge on any atom is 0.291 e. The number of rotatable bonds is 7. The van der Waals surface area contributed by atoms with Gasteiger partial charge in [-0.3, -0.25) is 4.79 Å². The minimum atomic E-state index is -3.97. The predicted octanol–water partition coefficient (Wildman–Crippen LogP) is 2.14. The third kappa shape index (κ3) is 4.38. The molecule has 2 heterocycles. The first-order valence-electron chi connectivity index (χ1n) is 7.86. The summed E-state index contributed by atoms with van der Waals surface area (Å²) in [7, 11) is -1.20. The lowest BCUT2D eigenvalue weighted by Crippen LogP contribution is -2.16. The molecule has 0 spiro atoms. The molecule has 0 saturated heterocycles. The summed E-state index contributed by atoms with van der Waals surface area (Å²) >= 11 is 0. The van der Waals surface area contributed by atoms with Gasteiger partial charge in [0.05, 0.1) is 31.4 Å². The molecule has 0 fully saturated rings. The number of ether oxygens (including phenoxy) is 2. The van der Waals surface area contributed by atoms with Crippen molar-refractivity contribution in [3.05, 3.63) is 54.5 Å². The number of hydrogen-bond acceptors (Lipinski definition) is 8. The van der Waals surface area contributed by atoms with Crippen LogP contribution in [0.5, 0.6) is 11.8 Å². The van der Waals surface area contributed by atoms with Gasteiger partial charge in [0, 0.05) is 5.69 Å². The van der Waals surface area contributed by atoms with E-state index in [1.54, 1.807) is 6.07 Å². The van der Waals surface area contributed by atoms with E-state index in [1.165, 1.54) is 56.9 Å². The normalized spacial score (nSPS) is 10.9. The van der Waals surface area contributed by atoms with E-state index in [1.807, 2.05) is 0 Å². The highest BCUT2D eigenvalue weighted by Gasteiger charge is 2.18. The van der Waals surface area contributed by atoms with Crippen molar-refractivity contribution in [3.63, 3.8) is 0 Å².